The van der Waals surface area contributed by atoms with Crippen LogP contribution in [0.2, 0.25) is 0 Å². The van der Waals surface area contributed by atoms with Gasteiger partial charge in [0.1, 0.15) is 5.75 Å². The van der Waals surface area contributed by atoms with Crippen LogP contribution in [-0.4, -0.2) is 52.5 Å². The Labute approximate surface area is 138 Å². The van der Waals surface area contributed by atoms with Gasteiger partial charge >= 0.3 is 0 Å². The van der Waals surface area contributed by atoms with E-state index in [-0.39, 0.29) is 0 Å². The van der Waals surface area contributed by atoms with Crippen LogP contribution in [-0.2, 0) is 16.1 Å². The van der Waals surface area contributed by atoms with Crippen molar-refractivity contribution in [1.29, 1.82) is 0 Å². The number of benzene rings is 1. The maximum atomic E-state index is 5.69. The Morgan fingerprint density at radius 2 is 2.22 bits per heavy atom. The van der Waals surface area contributed by atoms with Gasteiger partial charge < -0.3 is 24.8 Å². The van der Waals surface area contributed by atoms with E-state index in [1.54, 1.807) is 14.2 Å². The first kappa shape index (κ1) is 17.6. The zero-order valence-electron chi connectivity index (χ0n) is 14.0. The van der Waals surface area contributed by atoms with Crippen LogP contribution >= 0.6 is 0 Å². The van der Waals surface area contributed by atoms with Crippen molar-refractivity contribution < 1.29 is 14.2 Å². The standard InChI is InChI=1S/C17H27N3O3/c1-18-17(20-12-15-7-5-10-23-15)19-9-11-22-13-14-6-3-4-8-16(14)21-2/h3-4,6,8,15H,5,7,9-13H2,1-2H3,(H2,18,19,20). The average molecular weight is 321 g/mol. The van der Waals surface area contributed by atoms with Gasteiger partial charge in [0.25, 0.3) is 0 Å². The Morgan fingerprint density at radius 3 is 2.96 bits per heavy atom. The second-order valence-electron chi connectivity index (χ2n) is 5.38. The minimum atomic E-state index is 0.301. The lowest BCUT2D eigenvalue weighted by Gasteiger charge is -2.15. The van der Waals surface area contributed by atoms with Gasteiger partial charge in [0.2, 0.25) is 0 Å². The maximum Gasteiger partial charge on any atom is 0.191 e. The number of hydrogen-bond acceptors (Lipinski definition) is 4. The molecule has 2 rings (SSSR count). The fraction of sp³-hybridized carbons (Fsp3) is 0.588. The van der Waals surface area contributed by atoms with Gasteiger partial charge in [0.05, 0.1) is 26.4 Å². The predicted octanol–water partition coefficient (Wildman–Crippen LogP) is 1.56. The number of rotatable bonds is 8. The summed E-state index contributed by atoms with van der Waals surface area (Å²) in [6, 6.07) is 7.88. The molecule has 1 unspecified atom stereocenters. The van der Waals surface area contributed by atoms with E-state index in [1.807, 2.05) is 24.3 Å². The Hall–Kier alpha value is -1.79. The molecule has 1 aromatic rings. The van der Waals surface area contributed by atoms with E-state index < -0.39 is 0 Å². The van der Waals surface area contributed by atoms with Crippen molar-refractivity contribution in [1.82, 2.24) is 10.6 Å². The van der Waals surface area contributed by atoms with E-state index in [9.17, 15) is 0 Å². The second-order valence-corrected chi connectivity index (χ2v) is 5.38. The Morgan fingerprint density at radius 1 is 1.35 bits per heavy atom. The molecule has 1 atom stereocenters. The van der Waals surface area contributed by atoms with Crippen molar-refractivity contribution in [3.05, 3.63) is 29.8 Å². The van der Waals surface area contributed by atoms with Crippen LogP contribution in [0.3, 0.4) is 0 Å². The number of guanidine groups is 1. The molecule has 128 valence electrons. The van der Waals surface area contributed by atoms with Gasteiger partial charge in [0.15, 0.2) is 5.96 Å². The molecular weight excluding hydrogens is 294 g/mol. The Bertz CT molecular complexity index is 488. The lowest BCUT2D eigenvalue weighted by molar-refractivity contribution is 0.113. The summed E-state index contributed by atoms with van der Waals surface area (Å²) in [6.07, 6.45) is 2.57. The van der Waals surface area contributed by atoms with Crippen LogP contribution < -0.4 is 15.4 Å². The molecule has 0 amide bonds. The van der Waals surface area contributed by atoms with Crippen LogP contribution in [0.1, 0.15) is 18.4 Å². The maximum absolute atomic E-state index is 5.69. The average Bonchev–Trinajstić information content (AvgIpc) is 3.11. The number of aliphatic imine (C=N–C) groups is 1. The summed E-state index contributed by atoms with van der Waals surface area (Å²) in [6.45, 7) is 3.49. The molecule has 1 fully saturated rings. The van der Waals surface area contributed by atoms with Crippen molar-refractivity contribution in [2.75, 3.05) is 40.5 Å². The highest BCUT2D eigenvalue weighted by atomic mass is 16.5. The summed E-state index contributed by atoms with van der Waals surface area (Å²) < 4.78 is 16.6. The number of nitrogens with one attached hydrogen (secondary N) is 2. The Balaban J connectivity index is 1.60. The lowest BCUT2D eigenvalue weighted by Crippen LogP contribution is -2.42. The quantitative estimate of drug-likeness (QED) is 0.432. The van der Waals surface area contributed by atoms with Gasteiger partial charge in [-0.15, -0.1) is 0 Å². The van der Waals surface area contributed by atoms with Gasteiger partial charge in [0, 0.05) is 32.3 Å². The third-order valence-electron chi connectivity index (χ3n) is 3.73. The highest BCUT2D eigenvalue weighted by molar-refractivity contribution is 5.79. The molecule has 0 spiro atoms. The molecule has 0 aromatic heterocycles. The zero-order valence-corrected chi connectivity index (χ0v) is 14.0. The summed E-state index contributed by atoms with van der Waals surface area (Å²) in [5, 5.41) is 6.51. The van der Waals surface area contributed by atoms with Gasteiger partial charge in [-0.3, -0.25) is 4.99 Å². The lowest BCUT2D eigenvalue weighted by atomic mass is 10.2. The number of nitrogens with zero attached hydrogens (tertiary/aromatic N) is 1. The van der Waals surface area contributed by atoms with Gasteiger partial charge in [-0.25, -0.2) is 0 Å². The van der Waals surface area contributed by atoms with Gasteiger partial charge in [-0.05, 0) is 18.9 Å². The summed E-state index contributed by atoms with van der Waals surface area (Å²) >= 11 is 0. The number of para-hydroxylation sites is 1. The van der Waals surface area contributed by atoms with E-state index >= 15 is 0 Å². The minimum Gasteiger partial charge on any atom is -0.496 e. The van der Waals surface area contributed by atoms with E-state index in [1.165, 1.54) is 0 Å². The van der Waals surface area contributed by atoms with Crippen LogP contribution in [0.25, 0.3) is 0 Å². The van der Waals surface area contributed by atoms with E-state index in [0.717, 1.165) is 43.3 Å². The van der Waals surface area contributed by atoms with Crippen molar-refractivity contribution >= 4 is 5.96 Å². The fourth-order valence-corrected chi connectivity index (χ4v) is 2.48. The van der Waals surface area contributed by atoms with Crippen LogP contribution in [0.5, 0.6) is 5.75 Å². The molecule has 0 saturated carbocycles. The summed E-state index contributed by atoms with van der Waals surface area (Å²) in [5.41, 5.74) is 1.05. The van der Waals surface area contributed by atoms with Crippen LogP contribution in [0.15, 0.2) is 29.3 Å². The fourth-order valence-electron chi connectivity index (χ4n) is 2.48. The van der Waals surface area contributed by atoms with Crippen LogP contribution in [0, 0.1) is 0 Å². The molecule has 6 heteroatoms. The summed E-state index contributed by atoms with van der Waals surface area (Å²) in [4.78, 5) is 4.20. The van der Waals surface area contributed by atoms with Crippen molar-refractivity contribution in [2.24, 2.45) is 4.99 Å². The molecule has 1 heterocycles. The largest absolute Gasteiger partial charge is 0.496 e. The number of methoxy groups -OCH3 is 1. The van der Waals surface area contributed by atoms with E-state index in [0.29, 0.717) is 25.9 Å². The topological polar surface area (TPSA) is 64.1 Å². The van der Waals surface area contributed by atoms with Gasteiger partial charge in [-0.2, -0.15) is 0 Å². The van der Waals surface area contributed by atoms with Crippen molar-refractivity contribution in [2.45, 2.75) is 25.6 Å². The molecule has 6 nitrogen and oxygen atoms in total. The molecule has 0 radical (unpaired) electrons. The Kier molecular flexibility index (Phi) is 7.69. The number of ether oxygens (including phenoxy) is 3. The van der Waals surface area contributed by atoms with Crippen molar-refractivity contribution in [3.8, 4) is 5.75 Å². The smallest absolute Gasteiger partial charge is 0.191 e. The highest BCUT2D eigenvalue weighted by Crippen LogP contribution is 2.17. The highest BCUT2D eigenvalue weighted by Gasteiger charge is 2.15. The first-order valence-electron chi connectivity index (χ1n) is 8.09. The van der Waals surface area contributed by atoms with Crippen molar-refractivity contribution in [3.63, 3.8) is 0 Å². The monoisotopic (exact) mass is 321 g/mol. The number of hydrogen-bond donors (Lipinski definition) is 2. The van der Waals surface area contributed by atoms with Crippen LogP contribution in [0.4, 0.5) is 0 Å². The molecule has 1 aliphatic heterocycles. The summed E-state index contributed by atoms with van der Waals surface area (Å²) in [7, 11) is 3.44. The van der Waals surface area contributed by atoms with E-state index in [2.05, 4.69) is 15.6 Å². The second kappa shape index (κ2) is 10.1. The SMILES string of the molecule is CN=C(NCCOCc1ccccc1OC)NCC1CCCO1. The first-order chi connectivity index (χ1) is 11.3. The third kappa shape index (κ3) is 6.08. The zero-order chi connectivity index (χ0) is 16.3. The molecule has 0 aliphatic carbocycles. The molecule has 1 aliphatic rings. The first-order valence-corrected chi connectivity index (χ1v) is 8.09. The van der Waals surface area contributed by atoms with Gasteiger partial charge in [-0.1, -0.05) is 18.2 Å². The third-order valence-corrected chi connectivity index (χ3v) is 3.73. The molecular formula is C17H27N3O3. The molecule has 23 heavy (non-hydrogen) atoms. The van der Waals surface area contributed by atoms with E-state index in [4.69, 9.17) is 14.2 Å². The molecule has 1 saturated heterocycles. The molecule has 1 aromatic carbocycles. The minimum absolute atomic E-state index is 0.301. The summed E-state index contributed by atoms with van der Waals surface area (Å²) in [5.74, 6) is 1.64. The molecule has 0 bridgehead atoms. The normalized spacial score (nSPS) is 18.0. The predicted molar refractivity (Wildman–Crippen MR) is 91.0 cm³/mol. The molecule has 2 N–H and O–H groups in total.